The minimum Gasteiger partial charge on any atom is -0.508 e. The van der Waals surface area contributed by atoms with E-state index in [2.05, 4.69) is 32.7 Å². The third-order valence-electron chi connectivity index (χ3n) is 8.31. The Morgan fingerprint density at radius 1 is 1.02 bits per heavy atom. The SMILES string of the molecule is C=CC(=O)N1CCN(c2nc(NCCCN3CCOCC3)nc3c2CCN(c2cc(O)cc4ccccc24)C3)CC1. The standard InChI is InChI=1S/C31H39N7O3/c1-2-29(40)36-12-14-37(15-13-36)30-26-8-11-38(28-21-24(39)20-23-6-3-4-7-25(23)28)22-27(26)33-31(34-30)32-9-5-10-35-16-18-41-19-17-35/h2-4,6-7,20-21,39H,1,5,8-19,22H2,(H,32,33,34). The van der Waals surface area contributed by atoms with Crippen molar-refractivity contribution in [3.63, 3.8) is 0 Å². The van der Waals surface area contributed by atoms with E-state index in [9.17, 15) is 9.90 Å². The van der Waals surface area contributed by atoms with Crippen LogP contribution in [0.3, 0.4) is 0 Å². The van der Waals surface area contributed by atoms with Crippen LogP contribution in [0.5, 0.6) is 5.75 Å². The van der Waals surface area contributed by atoms with Crippen LogP contribution in [0, 0.1) is 0 Å². The van der Waals surface area contributed by atoms with Gasteiger partial charge in [0.1, 0.15) is 11.6 Å². The molecule has 6 rings (SSSR count). The smallest absolute Gasteiger partial charge is 0.246 e. The molecule has 10 nitrogen and oxygen atoms in total. The molecule has 216 valence electrons. The summed E-state index contributed by atoms with van der Waals surface area (Å²) >= 11 is 0. The third-order valence-corrected chi connectivity index (χ3v) is 8.31. The number of rotatable bonds is 8. The van der Waals surface area contributed by atoms with Gasteiger partial charge in [-0.3, -0.25) is 9.69 Å². The molecular formula is C31H39N7O3. The molecule has 2 fully saturated rings. The zero-order chi connectivity index (χ0) is 28.2. The topological polar surface area (TPSA) is 97.3 Å². The molecule has 0 aliphatic carbocycles. The van der Waals surface area contributed by atoms with Crippen LogP contribution in [0.4, 0.5) is 17.5 Å². The maximum absolute atomic E-state index is 12.2. The molecule has 0 radical (unpaired) electrons. The first kappa shape index (κ1) is 27.3. The molecule has 0 bridgehead atoms. The minimum absolute atomic E-state index is 0.0222. The highest BCUT2D eigenvalue weighted by atomic mass is 16.5. The summed E-state index contributed by atoms with van der Waals surface area (Å²) < 4.78 is 5.47. The van der Waals surface area contributed by atoms with Crippen molar-refractivity contribution in [3.05, 3.63) is 60.3 Å². The maximum atomic E-state index is 12.2. The van der Waals surface area contributed by atoms with Crippen molar-refractivity contribution in [3.8, 4) is 5.75 Å². The van der Waals surface area contributed by atoms with Crippen LogP contribution in [0.25, 0.3) is 10.8 Å². The zero-order valence-corrected chi connectivity index (χ0v) is 23.6. The van der Waals surface area contributed by atoms with E-state index in [1.54, 1.807) is 0 Å². The van der Waals surface area contributed by atoms with E-state index in [-0.39, 0.29) is 11.7 Å². The summed E-state index contributed by atoms with van der Waals surface area (Å²) in [6, 6.07) is 11.8. The summed E-state index contributed by atoms with van der Waals surface area (Å²) in [6.07, 6.45) is 3.19. The van der Waals surface area contributed by atoms with E-state index in [1.165, 1.54) is 11.6 Å². The first-order valence-corrected chi connectivity index (χ1v) is 14.7. The Hall–Kier alpha value is -3.89. The number of nitrogens with zero attached hydrogens (tertiary/aromatic N) is 6. The molecule has 10 heteroatoms. The molecule has 3 aliphatic rings. The minimum atomic E-state index is -0.0222. The number of aromatic nitrogens is 2. The molecule has 0 spiro atoms. The second kappa shape index (κ2) is 12.3. The molecule has 2 saturated heterocycles. The third kappa shape index (κ3) is 6.08. The van der Waals surface area contributed by atoms with Crippen LogP contribution in [-0.4, -0.2) is 103 Å². The molecule has 1 aromatic heterocycles. The Bertz CT molecular complexity index is 1400. The number of morpholine rings is 1. The van der Waals surface area contributed by atoms with Gasteiger partial charge in [-0.2, -0.15) is 4.98 Å². The van der Waals surface area contributed by atoms with Gasteiger partial charge in [0, 0.05) is 75.1 Å². The van der Waals surface area contributed by atoms with Gasteiger partial charge in [-0.05, 0) is 36.9 Å². The van der Waals surface area contributed by atoms with Gasteiger partial charge in [-0.25, -0.2) is 4.98 Å². The first-order valence-electron chi connectivity index (χ1n) is 14.7. The summed E-state index contributed by atoms with van der Waals surface area (Å²) in [6.45, 7) is 13.2. The molecule has 3 aliphatic heterocycles. The number of hydrogen-bond donors (Lipinski definition) is 2. The first-order chi connectivity index (χ1) is 20.1. The van der Waals surface area contributed by atoms with E-state index >= 15 is 0 Å². The Kier molecular flexibility index (Phi) is 8.20. The van der Waals surface area contributed by atoms with Crippen LogP contribution in [0.1, 0.15) is 17.7 Å². The molecule has 0 atom stereocenters. The summed E-state index contributed by atoms with van der Waals surface area (Å²) in [5.74, 6) is 1.86. The number of ether oxygens (including phenoxy) is 1. The number of amides is 1. The highest BCUT2D eigenvalue weighted by molar-refractivity contribution is 5.95. The molecule has 2 aromatic carbocycles. The number of piperazine rings is 1. The Morgan fingerprint density at radius 3 is 2.63 bits per heavy atom. The lowest BCUT2D eigenvalue weighted by Gasteiger charge is -2.38. The second-order valence-electron chi connectivity index (χ2n) is 10.9. The van der Waals surface area contributed by atoms with Crippen molar-refractivity contribution in [2.75, 3.05) is 87.2 Å². The fourth-order valence-corrected chi connectivity index (χ4v) is 6.09. The Morgan fingerprint density at radius 2 is 1.83 bits per heavy atom. The number of carbonyl (C=O) groups excluding carboxylic acids is 1. The molecular weight excluding hydrogens is 518 g/mol. The van der Waals surface area contributed by atoms with Gasteiger partial charge < -0.3 is 29.9 Å². The van der Waals surface area contributed by atoms with Crippen molar-refractivity contribution in [1.29, 1.82) is 0 Å². The number of phenols is 1. The summed E-state index contributed by atoms with van der Waals surface area (Å²) in [5, 5.41) is 16.1. The Labute approximate surface area is 241 Å². The molecule has 1 amide bonds. The van der Waals surface area contributed by atoms with E-state index in [0.29, 0.717) is 25.6 Å². The predicted octanol–water partition coefficient (Wildman–Crippen LogP) is 2.87. The normalized spacial score (nSPS) is 17.9. The lowest BCUT2D eigenvalue weighted by Crippen LogP contribution is -2.49. The van der Waals surface area contributed by atoms with Crippen molar-refractivity contribution in [2.45, 2.75) is 19.4 Å². The molecule has 4 heterocycles. The Balaban J connectivity index is 1.24. The van der Waals surface area contributed by atoms with Crippen LogP contribution in [-0.2, 0) is 22.5 Å². The number of carbonyl (C=O) groups is 1. The number of phenolic OH excluding ortho intramolecular Hbond substituents is 1. The number of aromatic hydroxyl groups is 1. The van der Waals surface area contributed by atoms with E-state index in [1.807, 2.05) is 35.2 Å². The summed E-state index contributed by atoms with van der Waals surface area (Å²) in [4.78, 5) is 31.1. The number of hydrogen-bond acceptors (Lipinski definition) is 9. The van der Waals surface area contributed by atoms with Gasteiger partial charge in [0.2, 0.25) is 11.9 Å². The van der Waals surface area contributed by atoms with Crippen molar-refractivity contribution >= 4 is 34.1 Å². The van der Waals surface area contributed by atoms with E-state index in [0.717, 1.165) is 99.8 Å². The number of anilines is 3. The summed E-state index contributed by atoms with van der Waals surface area (Å²) in [7, 11) is 0. The molecule has 41 heavy (non-hydrogen) atoms. The molecule has 0 unspecified atom stereocenters. The molecule has 3 aromatic rings. The van der Waals surface area contributed by atoms with Crippen molar-refractivity contribution in [2.24, 2.45) is 0 Å². The number of nitrogens with one attached hydrogen (secondary N) is 1. The van der Waals surface area contributed by atoms with Gasteiger partial charge >= 0.3 is 0 Å². The summed E-state index contributed by atoms with van der Waals surface area (Å²) in [5.41, 5.74) is 3.20. The molecule has 2 N–H and O–H groups in total. The fraction of sp³-hybridized carbons (Fsp3) is 0.452. The monoisotopic (exact) mass is 557 g/mol. The average molecular weight is 558 g/mol. The predicted molar refractivity (Wildman–Crippen MR) is 162 cm³/mol. The van der Waals surface area contributed by atoms with Gasteiger partial charge in [0.25, 0.3) is 0 Å². The molecule has 0 saturated carbocycles. The quantitative estimate of drug-likeness (QED) is 0.320. The van der Waals surface area contributed by atoms with Gasteiger partial charge in [-0.1, -0.05) is 30.8 Å². The van der Waals surface area contributed by atoms with Crippen molar-refractivity contribution < 1.29 is 14.6 Å². The van der Waals surface area contributed by atoms with Gasteiger partial charge in [-0.15, -0.1) is 0 Å². The maximum Gasteiger partial charge on any atom is 0.246 e. The highest BCUT2D eigenvalue weighted by Gasteiger charge is 2.28. The lowest BCUT2D eigenvalue weighted by atomic mass is 10.0. The van der Waals surface area contributed by atoms with E-state index in [4.69, 9.17) is 14.7 Å². The highest BCUT2D eigenvalue weighted by Crippen LogP contribution is 2.36. The van der Waals surface area contributed by atoms with Crippen LogP contribution in [0.15, 0.2) is 49.1 Å². The fourth-order valence-electron chi connectivity index (χ4n) is 6.09. The zero-order valence-electron chi connectivity index (χ0n) is 23.6. The lowest BCUT2D eigenvalue weighted by molar-refractivity contribution is -0.126. The largest absolute Gasteiger partial charge is 0.508 e. The van der Waals surface area contributed by atoms with Crippen LogP contribution >= 0.6 is 0 Å². The number of benzene rings is 2. The van der Waals surface area contributed by atoms with Gasteiger partial charge in [0.15, 0.2) is 0 Å². The number of fused-ring (bicyclic) bond motifs is 2. The van der Waals surface area contributed by atoms with E-state index < -0.39 is 0 Å². The second-order valence-corrected chi connectivity index (χ2v) is 10.9. The average Bonchev–Trinajstić information content (AvgIpc) is 3.02. The van der Waals surface area contributed by atoms with Crippen LogP contribution in [0.2, 0.25) is 0 Å². The van der Waals surface area contributed by atoms with Crippen molar-refractivity contribution in [1.82, 2.24) is 19.8 Å². The van der Waals surface area contributed by atoms with Gasteiger partial charge in [0.05, 0.1) is 25.5 Å². The van der Waals surface area contributed by atoms with Crippen LogP contribution < -0.4 is 15.1 Å².